The molecule has 8 N–H and O–H groups in total. The van der Waals surface area contributed by atoms with E-state index in [-0.39, 0.29) is 36.2 Å². The topological polar surface area (TPSA) is 183 Å². The number of alkyl halides is 1. The van der Waals surface area contributed by atoms with E-state index < -0.39 is 41.5 Å². The summed E-state index contributed by atoms with van der Waals surface area (Å²) in [4.78, 5) is 46.2. The second-order valence-electron chi connectivity index (χ2n) is 11.5. The van der Waals surface area contributed by atoms with Crippen LogP contribution in [0.4, 0.5) is 0 Å². The Morgan fingerprint density at radius 1 is 1.12 bits per heavy atom. The van der Waals surface area contributed by atoms with E-state index >= 15 is 0 Å². The van der Waals surface area contributed by atoms with Crippen LogP contribution in [-0.4, -0.2) is 87.6 Å². The Morgan fingerprint density at radius 2 is 1.83 bits per heavy atom. The van der Waals surface area contributed by atoms with Gasteiger partial charge in [-0.2, -0.15) is 0 Å². The zero-order valence-electron chi connectivity index (χ0n) is 23.9. The van der Waals surface area contributed by atoms with E-state index in [1.807, 2.05) is 32.0 Å². The van der Waals surface area contributed by atoms with Crippen molar-refractivity contribution in [3.8, 4) is 0 Å². The van der Waals surface area contributed by atoms with Crippen LogP contribution >= 0.6 is 11.6 Å². The molecule has 1 heterocycles. The van der Waals surface area contributed by atoms with Gasteiger partial charge >= 0.3 is 0 Å². The molecule has 2 fully saturated rings. The number of nitrogens with zero attached hydrogens (tertiary/aromatic N) is 2. The van der Waals surface area contributed by atoms with Gasteiger partial charge in [-0.1, -0.05) is 44.2 Å². The number of likely N-dealkylation sites (tertiary alicyclic amines) is 1. The van der Waals surface area contributed by atoms with Crippen molar-refractivity contribution in [3.05, 3.63) is 35.9 Å². The van der Waals surface area contributed by atoms with E-state index in [1.54, 1.807) is 12.1 Å². The van der Waals surface area contributed by atoms with Crippen molar-refractivity contribution >= 4 is 35.3 Å². The van der Waals surface area contributed by atoms with Gasteiger partial charge in [-0.05, 0) is 55.9 Å². The Morgan fingerprint density at radius 3 is 2.49 bits per heavy atom. The largest absolute Gasteiger partial charge is 0.393 e. The number of hydrogen-bond acceptors (Lipinski definition) is 6. The van der Waals surface area contributed by atoms with Crippen molar-refractivity contribution in [2.75, 3.05) is 13.1 Å². The molecule has 2 aliphatic rings. The third kappa shape index (κ3) is 9.05. The molecule has 0 bridgehead atoms. The standard InChI is InChI=1S/C29H45ClN6O5/c1-17(2)24(30)25(35-27(40)23(38)14-18-8-4-3-5-9-18)28(41)36-21-16-20(37)11-10-19(21)15-22(36)26(39)33-12-6-7-13-34-29(31)32/h3-5,8-9,17,19-25,37-38H,6-7,10-16H2,1-2H3,(H,33,39)(H,35,40)(H4,31,32,34)/t19-,20+,21-,22-,23+,24+,25+/m0/s1. The number of hydrogen-bond donors (Lipinski definition) is 6. The quantitative estimate of drug-likeness (QED) is 0.0840. The molecule has 0 spiro atoms. The molecule has 3 amide bonds. The van der Waals surface area contributed by atoms with Crippen LogP contribution < -0.4 is 22.1 Å². The summed E-state index contributed by atoms with van der Waals surface area (Å²) in [5.74, 6) is -1.59. The molecule has 1 aliphatic carbocycles. The first-order chi connectivity index (χ1) is 19.5. The summed E-state index contributed by atoms with van der Waals surface area (Å²) in [7, 11) is 0. The van der Waals surface area contributed by atoms with Crippen LogP contribution in [0.1, 0.15) is 57.9 Å². The van der Waals surface area contributed by atoms with Gasteiger partial charge in [0.25, 0.3) is 0 Å². The van der Waals surface area contributed by atoms with E-state index in [1.165, 1.54) is 4.90 Å². The molecule has 1 aromatic carbocycles. The van der Waals surface area contributed by atoms with Gasteiger partial charge in [0.1, 0.15) is 18.2 Å². The average molecular weight is 593 g/mol. The first kappa shape index (κ1) is 32.6. The number of rotatable bonds is 13. The average Bonchev–Trinajstić information content (AvgIpc) is 3.31. The number of unbranched alkanes of at least 4 members (excludes halogenated alkanes) is 1. The molecule has 1 saturated carbocycles. The predicted molar refractivity (Wildman–Crippen MR) is 158 cm³/mol. The van der Waals surface area contributed by atoms with Crippen molar-refractivity contribution in [3.63, 3.8) is 0 Å². The minimum absolute atomic E-state index is 0.0205. The maximum absolute atomic E-state index is 14.2. The lowest BCUT2D eigenvalue weighted by Gasteiger charge is -2.38. The highest BCUT2D eigenvalue weighted by Crippen LogP contribution is 2.40. The van der Waals surface area contributed by atoms with Crippen molar-refractivity contribution < 1.29 is 24.6 Å². The predicted octanol–water partition coefficient (Wildman–Crippen LogP) is 0.639. The van der Waals surface area contributed by atoms with Crippen molar-refractivity contribution in [1.29, 1.82) is 0 Å². The summed E-state index contributed by atoms with van der Waals surface area (Å²) in [5, 5.41) is 25.9. The fourth-order valence-electron chi connectivity index (χ4n) is 5.76. The van der Waals surface area contributed by atoms with Crippen LogP contribution in [0.3, 0.4) is 0 Å². The summed E-state index contributed by atoms with van der Waals surface area (Å²) in [6, 6.07) is 6.81. The Labute approximate surface area is 247 Å². The third-order valence-electron chi connectivity index (χ3n) is 7.98. The van der Waals surface area contributed by atoms with Gasteiger partial charge in [0.2, 0.25) is 17.7 Å². The van der Waals surface area contributed by atoms with Crippen LogP contribution in [0.25, 0.3) is 0 Å². The normalized spacial score (nSPS) is 24.2. The number of fused-ring (bicyclic) bond motifs is 1. The van der Waals surface area contributed by atoms with Crippen LogP contribution in [0.2, 0.25) is 0 Å². The number of halogens is 1. The highest BCUT2D eigenvalue weighted by atomic mass is 35.5. The number of nitrogens with two attached hydrogens (primary N) is 2. The number of amides is 3. The summed E-state index contributed by atoms with van der Waals surface area (Å²) in [6.07, 6.45) is 1.58. The first-order valence-electron chi connectivity index (χ1n) is 14.5. The number of carbonyl (C=O) groups excluding carboxylic acids is 3. The van der Waals surface area contributed by atoms with Gasteiger partial charge in [0.05, 0.1) is 11.5 Å². The fraction of sp³-hybridized carbons (Fsp3) is 0.655. The number of aliphatic hydroxyl groups excluding tert-OH is 2. The number of carbonyl (C=O) groups is 3. The Hall–Kier alpha value is -2.89. The van der Waals surface area contributed by atoms with Crippen molar-refractivity contribution in [1.82, 2.24) is 15.5 Å². The maximum Gasteiger partial charge on any atom is 0.249 e. The molecule has 1 aromatic rings. The first-order valence-corrected chi connectivity index (χ1v) is 14.9. The smallest absolute Gasteiger partial charge is 0.249 e. The van der Waals surface area contributed by atoms with E-state index in [2.05, 4.69) is 15.6 Å². The second-order valence-corrected chi connectivity index (χ2v) is 12.0. The van der Waals surface area contributed by atoms with Gasteiger partial charge in [-0.3, -0.25) is 19.4 Å². The fourth-order valence-corrected chi connectivity index (χ4v) is 5.93. The lowest BCUT2D eigenvalue weighted by atomic mass is 9.83. The van der Waals surface area contributed by atoms with Crippen LogP contribution in [0.5, 0.6) is 0 Å². The summed E-state index contributed by atoms with van der Waals surface area (Å²) in [5.41, 5.74) is 11.5. The molecule has 41 heavy (non-hydrogen) atoms. The molecule has 1 saturated heterocycles. The maximum atomic E-state index is 14.2. The highest BCUT2D eigenvalue weighted by molar-refractivity contribution is 6.23. The third-order valence-corrected chi connectivity index (χ3v) is 8.73. The van der Waals surface area contributed by atoms with E-state index in [9.17, 15) is 24.6 Å². The molecule has 0 aromatic heterocycles. The number of guanidine groups is 1. The molecule has 0 radical (unpaired) electrons. The number of benzene rings is 1. The Bertz CT molecular complexity index is 1050. The van der Waals surface area contributed by atoms with E-state index in [4.69, 9.17) is 23.1 Å². The van der Waals surface area contributed by atoms with Crippen molar-refractivity contribution in [2.45, 2.75) is 94.5 Å². The van der Waals surface area contributed by atoms with E-state index in [0.717, 1.165) is 5.56 Å². The number of aliphatic imine (C=N–C) groups is 1. The molecule has 1 aliphatic heterocycles. The highest BCUT2D eigenvalue weighted by Gasteiger charge is 2.51. The van der Waals surface area contributed by atoms with Gasteiger partial charge in [0.15, 0.2) is 5.96 Å². The Balaban J connectivity index is 1.77. The lowest BCUT2D eigenvalue weighted by Crippen LogP contribution is -2.60. The van der Waals surface area contributed by atoms with Crippen LogP contribution in [0, 0.1) is 11.8 Å². The zero-order valence-corrected chi connectivity index (χ0v) is 24.7. The molecule has 0 unspecified atom stereocenters. The monoisotopic (exact) mass is 592 g/mol. The van der Waals surface area contributed by atoms with Gasteiger partial charge < -0.3 is 37.2 Å². The van der Waals surface area contributed by atoms with Crippen molar-refractivity contribution in [2.24, 2.45) is 28.3 Å². The van der Waals surface area contributed by atoms with Gasteiger partial charge in [-0.15, -0.1) is 11.6 Å². The molecule has 7 atom stereocenters. The molecular weight excluding hydrogens is 548 g/mol. The van der Waals surface area contributed by atoms with Crippen LogP contribution in [-0.2, 0) is 20.8 Å². The van der Waals surface area contributed by atoms with Gasteiger partial charge in [-0.25, -0.2) is 0 Å². The molecule has 3 rings (SSSR count). The molecule has 228 valence electrons. The molecule has 12 heteroatoms. The number of nitrogens with one attached hydrogen (secondary N) is 2. The van der Waals surface area contributed by atoms with E-state index in [0.29, 0.717) is 51.6 Å². The summed E-state index contributed by atoms with van der Waals surface area (Å²) < 4.78 is 0. The van der Waals surface area contributed by atoms with Crippen LogP contribution in [0.15, 0.2) is 35.3 Å². The summed E-state index contributed by atoms with van der Waals surface area (Å²) >= 11 is 6.73. The number of aliphatic hydroxyl groups is 2. The minimum atomic E-state index is -1.38. The SMILES string of the molecule is CC(C)[C@@H](Cl)[C@@H](NC(=O)[C@H](O)Cc1ccccc1)C(=O)N1[C@H](C(=O)NCCCCN=C(N)N)C[C@@H]2CC[C@@H](O)C[C@@H]21. The van der Waals surface area contributed by atoms with Gasteiger partial charge in [0, 0.05) is 25.6 Å². The molecular formula is C29H45ClN6O5. The molecule has 11 nitrogen and oxygen atoms in total. The Kier molecular flexibility index (Phi) is 12.2. The lowest BCUT2D eigenvalue weighted by molar-refractivity contribution is -0.145. The minimum Gasteiger partial charge on any atom is -0.393 e. The zero-order chi connectivity index (χ0) is 30.1. The summed E-state index contributed by atoms with van der Waals surface area (Å²) in [6.45, 7) is 4.53. The second kappa shape index (κ2) is 15.4.